The van der Waals surface area contributed by atoms with E-state index in [0.717, 1.165) is 17.3 Å². The number of aryl methyl sites for hydroxylation is 1. The molecule has 0 amide bonds. The summed E-state index contributed by atoms with van der Waals surface area (Å²) in [6.45, 7) is 3.52. The molecular formula is C18H16N6O3. The van der Waals surface area contributed by atoms with Gasteiger partial charge in [-0.05, 0) is 25.1 Å². The Balaban J connectivity index is 1.87. The number of nitro benzene ring substituents is 1. The van der Waals surface area contributed by atoms with Crippen molar-refractivity contribution in [1.82, 2.24) is 24.6 Å². The van der Waals surface area contributed by atoms with E-state index in [9.17, 15) is 10.1 Å². The Kier molecular flexibility index (Phi) is 3.36. The van der Waals surface area contributed by atoms with Gasteiger partial charge in [-0.25, -0.2) is 0 Å². The number of nitro groups is 1. The molecule has 0 bridgehead atoms. The molecule has 5 rings (SSSR count). The first-order valence-corrected chi connectivity index (χ1v) is 8.62. The predicted octanol–water partition coefficient (Wildman–Crippen LogP) is 1.93. The van der Waals surface area contributed by atoms with Crippen LogP contribution in [0.1, 0.15) is 22.9 Å². The number of benzene rings is 1. The molecule has 3 aromatic rings. The largest absolute Gasteiger partial charge is 0.349 e. The van der Waals surface area contributed by atoms with Gasteiger partial charge in [-0.3, -0.25) is 24.6 Å². The molecule has 4 heterocycles. The first kappa shape index (κ1) is 16.0. The number of rotatable bonds is 2. The lowest BCUT2D eigenvalue weighted by Gasteiger charge is -2.35. The highest BCUT2D eigenvalue weighted by Gasteiger charge is 2.51. The number of aromatic nitrogens is 4. The molecule has 2 aliphatic rings. The van der Waals surface area contributed by atoms with Crippen LogP contribution in [0.15, 0.2) is 42.6 Å². The summed E-state index contributed by atoms with van der Waals surface area (Å²) >= 11 is 0. The minimum absolute atomic E-state index is 0.00804. The maximum absolute atomic E-state index is 11.5. The smallest absolute Gasteiger partial charge is 0.270 e. The average molecular weight is 364 g/mol. The Hall–Kier alpha value is -3.17. The lowest BCUT2D eigenvalue weighted by Crippen LogP contribution is -2.43. The van der Waals surface area contributed by atoms with Gasteiger partial charge in [0.15, 0.2) is 11.5 Å². The summed E-state index contributed by atoms with van der Waals surface area (Å²) in [4.78, 5) is 17.7. The van der Waals surface area contributed by atoms with Crippen molar-refractivity contribution in [3.8, 4) is 5.69 Å². The van der Waals surface area contributed by atoms with E-state index in [1.165, 1.54) is 6.07 Å². The van der Waals surface area contributed by atoms with Crippen LogP contribution >= 0.6 is 0 Å². The summed E-state index contributed by atoms with van der Waals surface area (Å²) in [5.41, 5.74) is 1.15. The molecule has 2 aromatic heterocycles. The Bertz CT molecular complexity index is 1050. The third kappa shape index (κ3) is 2.15. The molecule has 9 nitrogen and oxygen atoms in total. The lowest BCUT2D eigenvalue weighted by atomic mass is 9.95. The predicted molar refractivity (Wildman–Crippen MR) is 94.1 cm³/mol. The van der Waals surface area contributed by atoms with Gasteiger partial charge < -0.3 is 4.74 Å². The Labute approximate surface area is 154 Å². The minimum atomic E-state index is -1.00. The number of pyridine rings is 1. The van der Waals surface area contributed by atoms with Gasteiger partial charge in [-0.2, -0.15) is 0 Å². The summed E-state index contributed by atoms with van der Waals surface area (Å²) in [7, 11) is 0. The summed E-state index contributed by atoms with van der Waals surface area (Å²) < 4.78 is 8.23. The Morgan fingerprint density at radius 3 is 2.93 bits per heavy atom. The fourth-order valence-corrected chi connectivity index (χ4v) is 4.02. The minimum Gasteiger partial charge on any atom is -0.349 e. The zero-order chi connectivity index (χ0) is 18.6. The zero-order valence-corrected chi connectivity index (χ0v) is 14.6. The molecule has 0 radical (unpaired) electrons. The van der Waals surface area contributed by atoms with Crippen molar-refractivity contribution in [2.75, 3.05) is 13.2 Å². The molecule has 2 aliphatic heterocycles. The van der Waals surface area contributed by atoms with E-state index in [1.54, 1.807) is 18.3 Å². The maximum Gasteiger partial charge on any atom is 0.270 e. The Morgan fingerprint density at radius 2 is 2.15 bits per heavy atom. The van der Waals surface area contributed by atoms with Crippen LogP contribution in [0.25, 0.3) is 5.69 Å². The van der Waals surface area contributed by atoms with Crippen LogP contribution in [0.3, 0.4) is 0 Å². The van der Waals surface area contributed by atoms with Crippen molar-refractivity contribution in [3.05, 3.63) is 75.6 Å². The number of non-ortho nitro benzene ring substituents is 1. The molecular weight excluding hydrogens is 348 g/mol. The first-order chi connectivity index (χ1) is 13.1. The molecule has 0 aliphatic carbocycles. The van der Waals surface area contributed by atoms with E-state index in [0.29, 0.717) is 31.0 Å². The second kappa shape index (κ2) is 5.66. The van der Waals surface area contributed by atoms with E-state index in [1.807, 2.05) is 29.7 Å². The highest BCUT2D eigenvalue weighted by Crippen LogP contribution is 2.46. The van der Waals surface area contributed by atoms with Gasteiger partial charge >= 0.3 is 0 Å². The van der Waals surface area contributed by atoms with Crippen LogP contribution in [0.2, 0.25) is 0 Å². The third-order valence-electron chi connectivity index (χ3n) is 5.15. The SMILES string of the molecule is Cc1nnc2n1-c1ccc([N+](=O)[O-])cc1C1(c3ccccn3)OCCN1C2. The number of nitrogens with zero attached hydrogens (tertiary/aromatic N) is 6. The van der Waals surface area contributed by atoms with E-state index >= 15 is 0 Å². The number of ether oxygens (including phenoxy) is 1. The molecule has 1 aromatic carbocycles. The topological polar surface area (TPSA) is 99.2 Å². The molecule has 0 saturated carbocycles. The van der Waals surface area contributed by atoms with Crippen molar-refractivity contribution in [1.29, 1.82) is 0 Å². The number of hydrogen-bond donors (Lipinski definition) is 0. The average Bonchev–Trinajstić information content (AvgIpc) is 3.24. The third-order valence-corrected chi connectivity index (χ3v) is 5.15. The van der Waals surface area contributed by atoms with Gasteiger partial charge in [0.05, 0.1) is 29.5 Å². The van der Waals surface area contributed by atoms with Crippen LogP contribution < -0.4 is 0 Å². The molecule has 0 spiro atoms. The monoisotopic (exact) mass is 364 g/mol. The van der Waals surface area contributed by atoms with Crippen LogP contribution in [0, 0.1) is 17.0 Å². The van der Waals surface area contributed by atoms with Gasteiger partial charge in [0.1, 0.15) is 5.82 Å². The fourth-order valence-electron chi connectivity index (χ4n) is 4.02. The normalized spacial score (nSPS) is 21.2. The first-order valence-electron chi connectivity index (χ1n) is 8.62. The second-order valence-corrected chi connectivity index (χ2v) is 6.59. The van der Waals surface area contributed by atoms with Crippen molar-refractivity contribution in [2.24, 2.45) is 0 Å². The maximum atomic E-state index is 11.5. The summed E-state index contributed by atoms with van der Waals surface area (Å²) in [6.07, 6.45) is 1.71. The second-order valence-electron chi connectivity index (χ2n) is 6.59. The summed E-state index contributed by atoms with van der Waals surface area (Å²) in [5.74, 6) is 1.49. The number of hydrogen-bond acceptors (Lipinski definition) is 7. The fraction of sp³-hybridized carbons (Fsp3) is 0.278. The van der Waals surface area contributed by atoms with Gasteiger partial charge in [0.25, 0.3) is 5.69 Å². The van der Waals surface area contributed by atoms with Crippen molar-refractivity contribution >= 4 is 5.69 Å². The molecule has 27 heavy (non-hydrogen) atoms. The molecule has 1 atom stereocenters. The van der Waals surface area contributed by atoms with Gasteiger partial charge in [-0.15, -0.1) is 10.2 Å². The van der Waals surface area contributed by atoms with Crippen molar-refractivity contribution < 1.29 is 9.66 Å². The van der Waals surface area contributed by atoms with E-state index in [-0.39, 0.29) is 5.69 Å². The van der Waals surface area contributed by atoms with Crippen LogP contribution in [-0.2, 0) is 17.0 Å². The summed E-state index contributed by atoms with van der Waals surface area (Å²) in [5, 5.41) is 20.0. The van der Waals surface area contributed by atoms with Crippen LogP contribution in [0.5, 0.6) is 0 Å². The van der Waals surface area contributed by atoms with Gasteiger partial charge in [0.2, 0.25) is 0 Å². The lowest BCUT2D eigenvalue weighted by molar-refractivity contribution is -0.385. The molecule has 1 fully saturated rings. The molecule has 1 unspecified atom stereocenters. The van der Waals surface area contributed by atoms with E-state index in [4.69, 9.17) is 4.74 Å². The summed E-state index contributed by atoms with van der Waals surface area (Å²) in [6, 6.07) is 10.4. The zero-order valence-electron chi connectivity index (χ0n) is 14.6. The molecule has 0 N–H and O–H groups in total. The van der Waals surface area contributed by atoms with Crippen molar-refractivity contribution in [3.63, 3.8) is 0 Å². The molecule has 9 heteroatoms. The highest BCUT2D eigenvalue weighted by atomic mass is 16.6. The van der Waals surface area contributed by atoms with E-state index < -0.39 is 10.6 Å². The van der Waals surface area contributed by atoms with Crippen molar-refractivity contribution in [2.45, 2.75) is 19.2 Å². The Morgan fingerprint density at radius 1 is 1.26 bits per heavy atom. The van der Waals surface area contributed by atoms with Gasteiger partial charge in [-0.1, -0.05) is 6.07 Å². The van der Waals surface area contributed by atoms with E-state index in [2.05, 4.69) is 20.1 Å². The quantitative estimate of drug-likeness (QED) is 0.506. The highest BCUT2D eigenvalue weighted by molar-refractivity contribution is 5.55. The van der Waals surface area contributed by atoms with Gasteiger partial charge in [0, 0.05) is 30.4 Å². The molecule has 1 saturated heterocycles. The standard InChI is InChI=1S/C18H16N6O3/c1-12-20-21-17-11-22-8-9-27-18(22,16-4-2-3-7-19-16)14-10-13(24(25)26)5-6-15(14)23(12)17/h2-7,10H,8-9,11H2,1H3. The molecule has 136 valence electrons. The van der Waals surface area contributed by atoms with Crippen LogP contribution in [-0.4, -0.2) is 42.7 Å². The van der Waals surface area contributed by atoms with Crippen LogP contribution in [0.4, 0.5) is 5.69 Å². The number of fused-ring (bicyclic) bond motifs is 5.